The Hall–Kier alpha value is -0.100. The Morgan fingerprint density at radius 2 is 1.85 bits per heavy atom. The molecule has 0 radical (unpaired) electrons. The second-order valence-electron chi connectivity index (χ2n) is 2.72. The molecule has 13 heavy (non-hydrogen) atoms. The zero-order valence-corrected chi connectivity index (χ0v) is 9.73. The summed E-state index contributed by atoms with van der Waals surface area (Å²) in [5, 5.41) is 25.6. The van der Waals surface area contributed by atoms with Crippen molar-refractivity contribution >= 4 is 11.9 Å². The first kappa shape index (κ1) is 15.4. The predicted molar refractivity (Wildman–Crippen MR) is 40.8 cm³/mol. The molecule has 6 heteroatoms. The van der Waals surface area contributed by atoms with Gasteiger partial charge in [0.25, 0.3) is 0 Å². The van der Waals surface area contributed by atoms with Crippen LogP contribution >= 0.6 is 0 Å². The molecule has 2 unspecified atom stereocenters. The van der Waals surface area contributed by atoms with Gasteiger partial charge in [-0.15, -0.1) is 0 Å². The molecule has 0 saturated carbocycles. The fraction of sp³-hybridized carbons (Fsp3) is 0.714. The molecule has 0 amide bonds. The normalized spacial score (nSPS) is 14.0. The summed E-state index contributed by atoms with van der Waals surface area (Å²) < 4.78 is 0. The van der Waals surface area contributed by atoms with Gasteiger partial charge < -0.3 is 16.7 Å². The minimum atomic E-state index is -1.18. The van der Waals surface area contributed by atoms with E-state index in [9.17, 15) is 9.59 Å². The molecule has 0 bridgehead atoms. The Labute approximate surface area is 99.5 Å². The zero-order chi connectivity index (χ0) is 9.72. The van der Waals surface area contributed by atoms with Gasteiger partial charge in [-0.05, 0) is 13.3 Å². The summed E-state index contributed by atoms with van der Waals surface area (Å²) in [6.45, 7) is 1.43. The van der Waals surface area contributed by atoms with Crippen molar-refractivity contribution in [1.82, 2.24) is 0 Å². The first-order valence-corrected chi connectivity index (χ1v) is 3.56. The molecule has 5 nitrogen and oxygen atoms in total. The molecule has 2 atom stereocenters. The third-order valence-electron chi connectivity index (χ3n) is 1.40. The topological polar surface area (TPSA) is 94.8 Å². The van der Waals surface area contributed by atoms with Crippen LogP contribution in [-0.4, -0.2) is 33.4 Å². The van der Waals surface area contributed by atoms with Crippen molar-refractivity contribution in [1.29, 1.82) is 0 Å². The van der Waals surface area contributed by atoms with Crippen molar-refractivity contribution in [3.63, 3.8) is 0 Å². The van der Waals surface area contributed by atoms with Crippen molar-refractivity contribution in [3.05, 3.63) is 0 Å². The first-order chi connectivity index (χ1) is 5.43. The van der Waals surface area contributed by atoms with Gasteiger partial charge in [-0.2, -0.15) is 0 Å². The summed E-state index contributed by atoms with van der Waals surface area (Å²) in [6.07, 6.45) is -1.26. The minimum absolute atomic E-state index is 0. The Bertz CT molecular complexity index is 185. The average molecular weight is 200 g/mol. The van der Waals surface area contributed by atoms with E-state index in [-0.39, 0.29) is 37.4 Å². The van der Waals surface area contributed by atoms with Crippen LogP contribution in [0.25, 0.3) is 0 Å². The fourth-order valence-corrected chi connectivity index (χ4v) is 0.894. The van der Waals surface area contributed by atoms with E-state index in [1.54, 1.807) is 0 Å². The molecule has 0 aromatic heterocycles. The number of hydrogen-bond acceptors (Lipinski definition) is 3. The van der Waals surface area contributed by atoms with Crippen LogP contribution in [0.2, 0.25) is 0 Å². The van der Waals surface area contributed by atoms with Crippen LogP contribution in [0, 0.1) is 5.92 Å². The quantitative estimate of drug-likeness (QED) is 0.412. The Kier molecular flexibility index (Phi) is 8.65. The van der Waals surface area contributed by atoms with Crippen LogP contribution in [0.5, 0.6) is 0 Å². The number of hydrogen-bond donors (Lipinski definition) is 3. The van der Waals surface area contributed by atoms with E-state index in [0.29, 0.717) is 0 Å². The molecular formula is C7H13NaO5. The molecule has 0 rings (SSSR count). The number of aliphatic hydroxyl groups excluding tert-OH is 1. The van der Waals surface area contributed by atoms with Crippen LogP contribution in [0.4, 0.5) is 0 Å². The number of aliphatic carboxylic acids is 2. The van der Waals surface area contributed by atoms with Gasteiger partial charge in [-0.25, -0.2) is 0 Å². The van der Waals surface area contributed by atoms with Gasteiger partial charge in [0.05, 0.1) is 18.4 Å². The zero-order valence-electron chi connectivity index (χ0n) is 8.73. The van der Waals surface area contributed by atoms with Gasteiger partial charge in [0, 0.05) is 0 Å². The molecule has 0 aliphatic rings. The van der Waals surface area contributed by atoms with E-state index < -0.39 is 30.4 Å². The summed E-state index contributed by atoms with van der Waals surface area (Å²) in [6, 6.07) is 0. The Morgan fingerprint density at radius 1 is 1.38 bits per heavy atom. The maximum atomic E-state index is 10.4. The number of carbonyl (C=O) groups is 2. The van der Waals surface area contributed by atoms with Crippen LogP contribution in [-0.2, 0) is 9.59 Å². The van der Waals surface area contributed by atoms with Crippen LogP contribution in [0.1, 0.15) is 21.2 Å². The number of carboxylic acid groups (broad SMARTS) is 2. The maximum absolute atomic E-state index is 10.4. The van der Waals surface area contributed by atoms with Crippen molar-refractivity contribution in [3.8, 4) is 0 Å². The van der Waals surface area contributed by atoms with Gasteiger partial charge in [-0.3, -0.25) is 9.59 Å². The summed E-state index contributed by atoms with van der Waals surface area (Å²) in [4.78, 5) is 20.5. The van der Waals surface area contributed by atoms with E-state index >= 15 is 0 Å². The first-order valence-electron chi connectivity index (χ1n) is 3.56. The van der Waals surface area contributed by atoms with Gasteiger partial charge >= 0.3 is 41.5 Å². The third kappa shape index (κ3) is 8.24. The average Bonchev–Trinajstić information content (AvgIpc) is 1.83. The Morgan fingerprint density at radius 3 is 2.08 bits per heavy atom. The van der Waals surface area contributed by atoms with E-state index in [1.165, 1.54) is 6.92 Å². The summed E-state index contributed by atoms with van der Waals surface area (Å²) >= 11 is 0. The smallest absolute Gasteiger partial charge is 1.00 e. The largest absolute Gasteiger partial charge is 1.00 e. The van der Waals surface area contributed by atoms with Gasteiger partial charge in [0.2, 0.25) is 0 Å². The van der Waals surface area contributed by atoms with Crippen LogP contribution in [0.15, 0.2) is 0 Å². The van der Waals surface area contributed by atoms with E-state index in [2.05, 4.69) is 0 Å². The van der Waals surface area contributed by atoms with Crippen LogP contribution < -0.4 is 29.6 Å². The van der Waals surface area contributed by atoms with Gasteiger partial charge in [0.15, 0.2) is 0 Å². The molecule has 0 aliphatic carbocycles. The number of aliphatic hydroxyl groups is 1. The van der Waals surface area contributed by atoms with Crippen molar-refractivity contribution in [2.75, 3.05) is 0 Å². The molecule has 72 valence electrons. The summed E-state index contributed by atoms with van der Waals surface area (Å²) in [5.41, 5.74) is 0. The summed E-state index contributed by atoms with van der Waals surface area (Å²) in [7, 11) is 0. The van der Waals surface area contributed by atoms with E-state index in [0.717, 1.165) is 0 Å². The predicted octanol–water partition coefficient (Wildman–Crippen LogP) is -2.95. The third-order valence-corrected chi connectivity index (χ3v) is 1.40. The molecule has 0 aromatic carbocycles. The molecule has 0 fully saturated rings. The maximum Gasteiger partial charge on any atom is 1.00 e. The standard InChI is InChI=1S/C7H12O5.Na.H/c1-4(8)2-5(7(11)12)3-6(9)10;;/h4-5,8H,2-3H2,1H3,(H,9,10)(H,11,12);;/q;+1;-1. The second-order valence-corrected chi connectivity index (χ2v) is 2.72. The number of rotatable bonds is 5. The Balaban J connectivity index is -0.000000605. The molecule has 0 saturated heterocycles. The second kappa shape index (κ2) is 7.32. The van der Waals surface area contributed by atoms with Crippen LogP contribution in [0.3, 0.4) is 0 Å². The van der Waals surface area contributed by atoms with Crippen molar-refractivity contribution < 1.29 is 55.9 Å². The van der Waals surface area contributed by atoms with E-state index in [1.807, 2.05) is 0 Å². The van der Waals surface area contributed by atoms with E-state index in [4.69, 9.17) is 15.3 Å². The number of carboxylic acids is 2. The molecule has 0 aromatic rings. The SMILES string of the molecule is CC(O)CC(CC(=O)O)C(=O)O.[H-].[Na+]. The molecule has 3 N–H and O–H groups in total. The molecule has 0 spiro atoms. The van der Waals surface area contributed by atoms with Crippen molar-refractivity contribution in [2.45, 2.75) is 25.9 Å². The molecule has 0 heterocycles. The van der Waals surface area contributed by atoms with Gasteiger partial charge in [-0.1, -0.05) is 0 Å². The van der Waals surface area contributed by atoms with Gasteiger partial charge in [0.1, 0.15) is 0 Å². The fourth-order valence-electron chi connectivity index (χ4n) is 0.894. The monoisotopic (exact) mass is 200 g/mol. The molecule has 0 aliphatic heterocycles. The minimum Gasteiger partial charge on any atom is -1.00 e. The summed E-state index contributed by atoms with van der Waals surface area (Å²) in [5.74, 6) is -3.34. The molecular weight excluding hydrogens is 187 g/mol. The van der Waals surface area contributed by atoms with Crippen molar-refractivity contribution in [2.24, 2.45) is 5.92 Å².